The van der Waals surface area contributed by atoms with E-state index in [1.165, 1.54) is 43.8 Å². The van der Waals surface area contributed by atoms with E-state index in [1.807, 2.05) is 0 Å². The highest BCUT2D eigenvalue weighted by atomic mass is 16.5. The fraction of sp³-hybridized carbons (Fsp3) is 0.718. The van der Waals surface area contributed by atoms with E-state index < -0.39 is 5.60 Å². The molecule has 0 amide bonds. The summed E-state index contributed by atoms with van der Waals surface area (Å²) in [5.41, 5.74) is 2.23. The van der Waals surface area contributed by atoms with Crippen LogP contribution in [0.25, 0.3) is 6.08 Å². The molecule has 0 bridgehead atoms. The van der Waals surface area contributed by atoms with Crippen LogP contribution >= 0.6 is 0 Å². The molecule has 0 heterocycles. The largest absolute Gasteiger partial charge is 0.508 e. The maximum absolute atomic E-state index is 13.0. The molecule has 4 aliphatic rings. The summed E-state index contributed by atoms with van der Waals surface area (Å²) < 4.78 is 6.19. The van der Waals surface area contributed by atoms with Gasteiger partial charge in [0.1, 0.15) is 11.9 Å². The number of rotatable bonds is 7. The second kappa shape index (κ2) is 11.4. The van der Waals surface area contributed by atoms with Gasteiger partial charge in [-0.1, -0.05) is 58.4 Å². The Balaban J connectivity index is 1.31. The van der Waals surface area contributed by atoms with Crippen LogP contribution in [-0.2, 0) is 9.53 Å². The molecule has 4 fully saturated rings. The number of phenols is 1. The highest BCUT2D eigenvalue weighted by Crippen LogP contribution is 2.76. The van der Waals surface area contributed by atoms with Gasteiger partial charge in [-0.2, -0.15) is 0 Å². The van der Waals surface area contributed by atoms with Gasteiger partial charge in [-0.25, -0.2) is 4.79 Å². The van der Waals surface area contributed by atoms with Gasteiger partial charge < -0.3 is 14.9 Å². The molecule has 0 aromatic heterocycles. The Hall–Kier alpha value is -2.07. The number of benzene rings is 1. The van der Waals surface area contributed by atoms with Gasteiger partial charge in [0, 0.05) is 11.5 Å². The Morgan fingerprint density at radius 1 is 0.930 bits per heavy atom. The number of hydrogen-bond acceptors (Lipinski definition) is 4. The van der Waals surface area contributed by atoms with Crippen LogP contribution in [0.15, 0.2) is 42.0 Å². The molecule has 1 aromatic carbocycles. The van der Waals surface area contributed by atoms with Crippen molar-refractivity contribution in [2.75, 3.05) is 0 Å². The van der Waals surface area contributed by atoms with Crippen molar-refractivity contribution in [3.63, 3.8) is 0 Å². The molecule has 238 valence electrons. The highest BCUT2D eigenvalue weighted by Gasteiger charge is 2.69. The predicted molar refractivity (Wildman–Crippen MR) is 175 cm³/mol. The van der Waals surface area contributed by atoms with Gasteiger partial charge in [-0.05, 0) is 149 Å². The lowest BCUT2D eigenvalue weighted by atomic mass is 9.35. The maximum Gasteiger partial charge on any atom is 0.331 e. The highest BCUT2D eigenvalue weighted by molar-refractivity contribution is 5.87. The molecule has 2 N–H and O–H groups in total. The lowest BCUT2D eigenvalue weighted by Crippen LogP contribution is -2.64. The van der Waals surface area contributed by atoms with Crippen molar-refractivity contribution < 1.29 is 19.7 Å². The second-order valence-electron chi connectivity index (χ2n) is 16.7. The third kappa shape index (κ3) is 5.53. The lowest BCUT2D eigenvalue weighted by Gasteiger charge is -2.70. The quantitative estimate of drug-likeness (QED) is 0.189. The molecule has 4 saturated carbocycles. The number of carbonyl (C=O) groups is 1. The Bertz CT molecular complexity index is 1240. The first-order valence-corrected chi connectivity index (χ1v) is 17.1. The summed E-state index contributed by atoms with van der Waals surface area (Å²) in [6.07, 6.45) is 16.6. The monoisotopic (exact) mass is 590 g/mol. The van der Waals surface area contributed by atoms with E-state index in [-0.39, 0.29) is 39.5 Å². The number of fused-ring (bicyclic) bond motifs is 5. The van der Waals surface area contributed by atoms with E-state index in [0.29, 0.717) is 23.7 Å². The van der Waals surface area contributed by atoms with Crippen LogP contribution in [0.4, 0.5) is 0 Å². The van der Waals surface area contributed by atoms with Crippen molar-refractivity contribution in [2.24, 2.45) is 45.3 Å². The first-order chi connectivity index (χ1) is 20.0. The van der Waals surface area contributed by atoms with Crippen LogP contribution in [0, 0.1) is 45.3 Å². The van der Waals surface area contributed by atoms with Crippen molar-refractivity contribution in [3.05, 3.63) is 47.6 Å². The van der Waals surface area contributed by atoms with Gasteiger partial charge in [0.2, 0.25) is 0 Å². The molecule has 4 nitrogen and oxygen atoms in total. The topological polar surface area (TPSA) is 66.8 Å². The van der Waals surface area contributed by atoms with Crippen molar-refractivity contribution in [2.45, 2.75) is 131 Å². The minimum Gasteiger partial charge on any atom is -0.508 e. The average molecular weight is 591 g/mol. The zero-order chi connectivity index (χ0) is 31.4. The summed E-state index contributed by atoms with van der Waals surface area (Å²) in [6, 6.07) is 6.84. The molecule has 9 atom stereocenters. The van der Waals surface area contributed by atoms with Gasteiger partial charge >= 0.3 is 5.97 Å². The van der Waals surface area contributed by atoms with Gasteiger partial charge in [-0.3, -0.25) is 0 Å². The number of hydrogen-bond donors (Lipinski definition) is 2. The van der Waals surface area contributed by atoms with Crippen molar-refractivity contribution in [1.29, 1.82) is 0 Å². The molecular weight excluding hydrogens is 532 g/mol. The van der Waals surface area contributed by atoms with Gasteiger partial charge in [-0.15, -0.1) is 0 Å². The van der Waals surface area contributed by atoms with Crippen molar-refractivity contribution in [3.8, 4) is 5.75 Å². The van der Waals surface area contributed by atoms with Crippen LogP contribution in [0.1, 0.15) is 125 Å². The van der Waals surface area contributed by atoms with E-state index in [2.05, 4.69) is 61.5 Å². The number of phenolic OH excluding ortho intramolecular Hbond substituents is 1. The molecule has 5 unspecified atom stereocenters. The van der Waals surface area contributed by atoms with E-state index in [9.17, 15) is 15.0 Å². The molecule has 0 radical (unpaired) electrons. The first kappa shape index (κ1) is 32.3. The number of ether oxygens (including phenoxy) is 1. The predicted octanol–water partition coefficient (Wildman–Crippen LogP) is 9.50. The van der Waals surface area contributed by atoms with Crippen molar-refractivity contribution in [1.82, 2.24) is 0 Å². The Labute approximate surface area is 261 Å². The zero-order valence-electron chi connectivity index (χ0n) is 28.2. The average Bonchev–Trinajstić information content (AvgIpc) is 3.29. The molecule has 0 spiro atoms. The molecule has 43 heavy (non-hydrogen) atoms. The Kier molecular flexibility index (Phi) is 8.55. The van der Waals surface area contributed by atoms with Crippen LogP contribution in [0.2, 0.25) is 0 Å². The summed E-state index contributed by atoms with van der Waals surface area (Å²) in [4.78, 5) is 13.0. The van der Waals surface area contributed by atoms with E-state index in [1.54, 1.807) is 30.3 Å². The Morgan fingerprint density at radius 2 is 1.60 bits per heavy atom. The van der Waals surface area contributed by atoms with Gasteiger partial charge in [0.15, 0.2) is 0 Å². The summed E-state index contributed by atoms with van der Waals surface area (Å²) in [7, 11) is 0. The third-order valence-corrected chi connectivity index (χ3v) is 13.9. The fourth-order valence-corrected chi connectivity index (χ4v) is 11.4. The molecular formula is C39H58O4. The normalized spacial score (nSPS) is 39.7. The molecule has 4 aliphatic carbocycles. The van der Waals surface area contributed by atoms with Crippen LogP contribution in [0.5, 0.6) is 5.75 Å². The number of allylic oxidation sites excluding steroid dienone is 2. The molecule has 5 rings (SSSR count). The van der Waals surface area contributed by atoms with E-state index >= 15 is 0 Å². The summed E-state index contributed by atoms with van der Waals surface area (Å²) in [5.74, 6) is 2.06. The SMILES string of the molecule is CC(C)=CCCC(C)(O)C1CC[C@]2(C)C1CCC1[C@@]3(C)CC[C@H](OC(=O)C=Cc4ccc(O)cc4)C(C)(C)C3CC[C@]12C. The smallest absolute Gasteiger partial charge is 0.331 e. The van der Waals surface area contributed by atoms with Crippen molar-refractivity contribution >= 4 is 12.0 Å². The third-order valence-electron chi connectivity index (χ3n) is 13.9. The standard InChI is InChI=1S/C39H58O4/c1-26(2)10-9-22-39(8,42)30-19-24-37(6)29(30)16-17-32-36(5)23-21-33(35(3,4)31(36)20-25-38(32,37)7)43-34(41)18-13-27-11-14-28(40)15-12-27/h10-15,18,29-33,40,42H,9,16-17,19-25H2,1-8H3/t29?,30?,31?,32?,33-,36-,37+,38+,39?/m0/s1. The van der Waals surface area contributed by atoms with E-state index in [0.717, 1.165) is 37.7 Å². The molecule has 0 saturated heterocycles. The molecule has 0 aliphatic heterocycles. The van der Waals surface area contributed by atoms with Crippen LogP contribution < -0.4 is 0 Å². The maximum atomic E-state index is 13.0. The molecule has 4 heteroatoms. The number of aromatic hydroxyl groups is 1. The minimum absolute atomic E-state index is 0.0920. The Morgan fingerprint density at radius 3 is 2.28 bits per heavy atom. The first-order valence-electron chi connectivity index (χ1n) is 17.1. The number of aliphatic hydroxyl groups is 1. The summed E-state index contributed by atoms with van der Waals surface area (Å²) in [5, 5.41) is 21.3. The molecule has 1 aromatic rings. The van der Waals surface area contributed by atoms with Gasteiger partial charge in [0.05, 0.1) is 5.60 Å². The van der Waals surface area contributed by atoms with E-state index in [4.69, 9.17) is 4.74 Å². The van der Waals surface area contributed by atoms with Gasteiger partial charge in [0.25, 0.3) is 0 Å². The lowest BCUT2D eigenvalue weighted by molar-refractivity contribution is -0.229. The van der Waals surface area contributed by atoms with Crippen LogP contribution in [0.3, 0.4) is 0 Å². The van der Waals surface area contributed by atoms with Crippen LogP contribution in [-0.4, -0.2) is 27.9 Å². The summed E-state index contributed by atoms with van der Waals surface area (Å²) >= 11 is 0. The number of esters is 1. The summed E-state index contributed by atoms with van der Waals surface area (Å²) in [6.45, 7) is 18.9. The minimum atomic E-state index is -0.612. The second-order valence-corrected chi connectivity index (χ2v) is 16.7. The fourth-order valence-electron chi connectivity index (χ4n) is 11.4. The number of carbonyl (C=O) groups excluding carboxylic acids is 1. The zero-order valence-corrected chi connectivity index (χ0v) is 28.2.